The van der Waals surface area contributed by atoms with Gasteiger partial charge in [-0.3, -0.25) is 19.8 Å². The lowest BCUT2D eigenvalue weighted by Gasteiger charge is -2.17. The molecule has 0 aliphatic carbocycles. The van der Waals surface area contributed by atoms with Gasteiger partial charge in [0.25, 0.3) is 5.91 Å². The van der Waals surface area contributed by atoms with E-state index >= 15 is 0 Å². The number of fused-ring (bicyclic) bond motifs is 1. The number of anilines is 1. The smallest absolute Gasteiger partial charge is 0.323 e. The number of aliphatic imine (C=N–C) groups is 1. The van der Waals surface area contributed by atoms with Crippen molar-refractivity contribution in [3.63, 3.8) is 0 Å². The number of carbonyl (C=O) groups excluding carboxylic acids is 2. The summed E-state index contributed by atoms with van der Waals surface area (Å²) in [6.07, 6.45) is 5.03. The number of ether oxygens (including phenoxy) is 1. The van der Waals surface area contributed by atoms with Crippen LogP contribution in [0.3, 0.4) is 0 Å². The standard InChI is InChI=1S/C31H29FN6O3/c1-31(2,3)27-17-25(28(38-27)19-7-9-23-18(14-19)6-5-12-34-23)37-30(40)36-24-10-8-20(15-22(24)32)41-21-11-13-35-26(16-21)29(39)33-4/h5-17,28H,1-4H3,(H,33,39)(H2,36,37,40). The van der Waals surface area contributed by atoms with Crippen molar-refractivity contribution in [3.05, 3.63) is 102 Å². The third-order valence-corrected chi connectivity index (χ3v) is 6.44. The summed E-state index contributed by atoms with van der Waals surface area (Å²) >= 11 is 0. The second-order valence-electron chi connectivity index (χ2n) is 10.5. The van der Waals surface area contributed by atoms with Crippen molar-refractivity contribution in [2.24, 2.45) is 10.4 Å². The first kappa shape index (κ1) is 27.4. The van der Waals surface area contributed by atoms with Crippen LogP contribution < -0.4 is 20.7 Å². The molecule has 41 heavy (non-hydrogen) atoms. The van der Waals surface area contributed by atoms with Crippen LogP contribution in [0.4, 0.5) is 14.9 Å². The lowest BCUT2D eigenvalue weighted by Crippen LogP contribution is -2.30. The van der Waals surface area contributed by atoms with Gasteiger partial charge in [-0.15, -0.1) is 0 Å². The zero-order valence-electron chi connectivity index (χ0n) is 23.0. The van der Waals surface area contributed by atoms with Crippen molar-refractivity contribution in [1.29, 1.82) is 0 Å². The average molecular weight is 553 g/mol. The molecule has 1 atom stereocenters. The van der Waals surface area contributed by atoms with Gasteiger partial charge in [0.05, 0.1) is 16.9 Å². The first-order chi connectivity index (χ1) is 19.6. The molecule has 208 valence electrons. The van der Waals surface area contributed by atoms with E-state index in [2.05, 4.69) is 46.7 Å². The Morgan fingerprint density at radius 2 is 1.73 bits per heavy atom. The number of urea groups is 1. The molecule has 4 aromatic rings. The highest BCUT2D eigenvalue weighted by Crippen LogP contribution is 2.35. The number of halogens is 1. The van der Waals surface area contributed by atoms with E-state index in [1.807, 2.05) is 36.4 Å². The Balaban J connectivity index is 1.31. The Morgan fingerprint density at radius 3 is 2.49 bits per heavy atom. The minimum Gasteiger partial charge on any atom is -0.457 e. The highest BCUT2D eigenvalue weighted by molar-refractivity contribution is 6.03. The number of nitrogens with one attached hydrogen (secondary N) is 3. The molecule has 10 heteroatoms. The number of aromatic nitrogens is 2. The van der Waals surface area contributed by atoms with E-state index in [1.54, 1.807) is 12.3 Å². The third-order valence-electron chi connectivity index (χ3n) is 6.44. The van der Waals surface area contributed by atoms with Gasteiger partial charge in [-0.05, 0) is 48.0 Å². The van der Waals surface area contributed by atoms with Gasteiger partial charge in [-0.2, -0.15) is 0 Å². The largest absolute Gasteiger partial charge is 0.457 e. The van der Waals surface area contributed by atoms with Crippen LogP contribution in [0.15, 0.2) is 89.8 Å². The predicted molar refractivity (Wildman–Crippen MR) is 156 cm³/mol. The number of hydrogen-bond acceptors (Lipinski definition) is 6. The Bertz CT molecular complexity index is 1710. The molecule has 3 amide bonds. The summed E-state index contributed by atoms with van der Waals surface area (Å²) in [5, 5.41) is 8.89. The molecule has 1 aliphatic rings. The number of amides is 3. The summed E-state index contributed by atoms with van der Waals surface area (Å²) in [6.45, 7) is 6.16. The molecule has 3 heterocycles. The number of carbonyl (C=O) groups is 2. The molecule has 3 N–H and O–H groups in total. The molecule has 1 unspecified atom stereocenters. The topological polar surface area (TPSA) is 118 Å². The number of pyridine rings is 2. The number of rotatable bonds is 6. The molecule has 0 radical (unpaired) electrons. The van der Waals surface area contributed by atoms with Crippen molar-refractivity contribution in [1.82, 2.24) is 20.6 Å². The molecule has 0 bridgehead atoms. The first-order valence-electron chi connectivity index (χ1n) is 13.0. The summed E-state index contributed by atoms with van der Waals surface area (Å²) in [7, 11) is 1.50. The molecule has 5 rings (SSSR count). The predicted octanol–water partition coefficient (Wildman–Crippen LogP) is 6.17. The lowest BCUT2D eigenvalue weighted by molar-refractivity contribution is 0.0957. The number of benzene rings is 2. The molecule has 0 saturated carbocycles. The number of hydrogen-bond donors (Lipinski definition) is 3. The minimum atomic E-state index is -0.691. The Hall–Kier alpha value is -5.12. The van der Waals surface area contributed by atoms with Crippen LogP contribution in [-0.2, 0) is 0 Å². The summed E-state index contributed by atoms with van der Waals surface area (Å²) in [5.41, 5.74) is 3.09. The molecule has 2 aromatic carbocycles. The van der Waals surface area contributed by atoms with Gasteiger partial charge < -0.3 is 20.7 Å². The van der Waals surface area contributed by atoms with Gasteiger partial charge in [0.1, 0.15) is 29.1 Å². The van der Waals surface area contributed by atoms with Crippen molar-refractivity contribution in [2.45, 2.75) is 26.8 Å². The first-order valence-corrected chi connectivity index (χ1v) is 13.0. The number of allylic oxidation sites excluding steroid dienone is 1. The minimum absolute atomic E-state index is 0.0282. The molecule has 0 fully saturated rings. The maximum absolute atomic E-state index is 15.0. The van der Waals surface area contributed by atoms with Gasteiger partial charge in [0.15, 0.2) is 0 Å². The van der Waals surface area contributed by atoms with Crippen molar-refractivity contribution in [3.8, 4) is 11.5 Å². The Kier molecular flexibility index (Phi) is 7.47. The molecule has 1 aliphatic heterocycles. The van der Waals surface area contributed by atoms with Crippen LogP contribution in [0, 0.1) is 11.2 Å². The number of nitrogens with zero attached hydrogens (tertiary/aromatic N) is 3. The fraction of sp³-hybridized carbons (Fsp3) is 0.194. The van der Waals surface area contributed by atoms with E-state index in [9.17, 15) is 14.0 Å². The van der Waals surface area contributed by atoms with E-state index in [1.165, 1.54) is 31.4 Å². The molecule has 0 spiro atoms. The van der Waals surface area contributed by atoms with Crippen LogP contribution >= 0.6 is 0 Å². The average Bonchev–Trinajstić information content (AvgIpc) is 3.38. The summed E-state index contributed by atoms with van der Waals surface area (Å²) in [6, 6.07) is 15.8. The van der Waals surface area contributed by atoms with Gasteiger partial charge in [0.2, 0.25) is 0 Å². The van der Waals surface area contributed by atoms with E-state index in [0.29, 0.717) is 11.4 Å². The molecule has 0 saturated heterocycles. The lowest BCUT2D eigenvalue weighted by atomic mass is 9.90. The highest BCUT2D eigenvalue weighted by atomic mass is 19.1. The highest BCUT2D eigenvalue weighted by Gasteiger charge is 2.30. The van der Waals surface area contributed by atoms with Crippen LogP contribution in [0.5, 0.6) is 11.5 Å². The quantitative estimate of drug-likeness (QED) is 0.265. The second-order valence-corrected chi connectivity index (χ2v) is 10.5. The van der Waals surface area contributed by atoms with Gasteiger partial charge in [0, 0.05) is 48.1 Å². The van der Waals surface area contributed by atoms with Crippen molar-refractivity contribution < 1.29 is 18.7 Å². The fourth-order valence-electron chi connectivity index (χ4n) is 4.31. The molecular weight excluding hydrogens is 523 g/mol. The maximum Gasteiger partial charge on any atom is 0.323 e. The van der Waals surface area contributed by atoms with Crippen LogP contribution in [-0.4, -0.2) is 34.7 Å². The van der Waals surface area contributed by atoms with Crippen LogP contribution in [0.1, 0.15) is 42.9 Å². The van der Waals surface area contributed by atoms with Crippen molar-refractivity contribution in [2.75, 3.05) is 12.4 Å². The molecule has 2 aromatic heterocycles. The van der Waals surface area contributed by atoms with Crippen LogP contribution in [0.2, 0.25) is 0 Å². The summed E-state index contributed by atoms with van der Waals surface area (Å²) in [4.78, 5) is 38.1. The second kappa shape index (κ2) is 11.2. The zero-order valence-corrected chi connectivity index (χ0v) is 23.0. The van der Waals surface area contributed by atoms with Gasteiger partial charge >= 0.3 is 6.03 Å². The van der Waals surface area contributed by atoms with E-state index in [4.69, 9.17) is 9.73 Å². The van der Waals surface area contributed by atoms with Crippen molar-refractivity contribution >= 4 is 34.2 Å². The fourth-order valence-corrected chi connectivity index (χ4v) is 4.31. The Labute approximate surface area is 236 Å². The SMILES string of the molecule is CNC(=O)c1cc(Oc2ccc(NC(=O)NC3=CC(C(C)(C)C)=NC3c3ccc4ncccc4c3)c(F)c2)ccn1. The third kappa shape index (κ3) is 6.22. The van der Waals surface area contributed by atoms with E-state index in [-0.39, 0.29) is 28.5 Å². The van der Waals surface area contributed by atoms with E-state index in [0.717, 1.165) is 28.2 Å². The van der Waals surface area contributed by atoms with Crippen LogP contribution in [0.25, 0.3) is 10.9 Å². The normalized spacial score (nSPS) is 14.7. The molecule has 9 nitrogen and oxygen atoms in total. The van der Waals surface area contributed by atoms with Gasteiger partial charge in [-0.1, -0.05) is 32.9 Å². The zero-order chi connectivity index (χ0) is 29.1. The maximum atomic E-state index is 15.0. The monoisotopic (exact) mass is 552 g/mol. The van der Waals surface area contributed by atoms with E-state index < -0.39 is 17.9 Å². The Morgan fingerprint density at radius 1 is 0.927 bits per heavy atom. The summed E-state index contributed by atoms with van der Waals surface area (Å²) in [5.74, 6) is -0.557. The van der Waals surface area contributed by atoms with Gasteiger partial charge in [-0.25, -0.2) is 9.18 Å². The summed E-state index contributed by atoms with van der Waals surface area (Å²) < 4.78 is 20.6. The molecular formula is C31H29FN6O3.